The van der Waals surface area contributed by atoms with Gasteiger partial charge in [0.25, 0.3) is 0 Å². The first-order chi connectivity index (χ1) is 11.5. The second-order valence-corrected chi connectivity index (χ2v) is 6.39. The number of nitrogens with one attached hydrogen (secondary N) is 1. The molecule has 2 N–H and O–H groups in total. The summed E-state index contributed by atoms with van der Waals surface area (Å²) >= 11 is 1.58. The first-order valence-corrected chi connectivity index (χ1v) is 8.31. The largest absolute Gasteiger partial charge is 0.508 e. The van der Waals surface area contributed by atoms with Crippen LogP contribution in [-0.4, -0.2) is 25.3 Å². The van der Waals surface area contributed by atoms with Crippen LogP contribution < -0.4 is 5.48 Å². The third-order valence-electron chi connectivity index (χ3n) is 3.49. The summed E-state index contributed by atoms with van der Waals surface area (Å²) in [6.07, 6.45) is 0.871. The Morgan fingerprint density at radius 1 is 1.12 bits per heavy atom. The molecule has 24 heavy (non-hydrogen) atoms. The molecule has 0 aliphatic rings. The average molecular weight is 347 g/mol. The molecule has 2 aromatic rings. The number of rotatable bonds is 7. The van der Waals surface area contributed by atoms with Crippen molar-refractivity contribution in [1.29, 1.82) is 0 Å². The summed E-state index contributed by atoms with van der Waals surface area (Å²) in [5.41, 5.74) is 3.68. The number of ether oxygens (including phenoxy) is 1. The number of carbonyl (C=O) groups excluding carboxylic acids is 1. The summed E-state index contributed by atoms with van der Waals surface area (Å²) in [5, 5.41) is 11.6. The standard InChI is InChI=1S/C18H21NO4S/c1-12(19-23-3)17(8-9-18(21)22-2)24-16-7-5-13-10-15(20)6-4-14(13)11-16/h4-7,10-11,19-20H,8-9H2,1-3H3. The average Bonchev–Trinajstić information content (AvgIpc) is 2.58. The van der Waals surface area contributed by atoms with E-state index in [1.807, 2.05) is 25.1 Å². The first-order valence-electron chi connectivity index (χ1n) is 7.49. The molecule has 0 spiro atoms. The Kier molecular flexibility index (Phi) is 6.52. The minimum Gasteiger partial charge on any atom is -0.508 e. The number of hydrogen-bond donors (Lipinski definition) is 2. The Hall–Kier alpha value is -2.18. The van der Waals surface area contributed by atoms with Gasteiger partial charge in [-0.2, -0.15) is 0 Å². The third kappa shape index (κ3) is 4.91. The van der Waals surface area contributed by atoms with E-state index >= 15 is 0 Å². The van der Waals surface area contributed by atoms with E-state index in [4.69, 9.17) is 9.57 Å². The smallest absolute Gasteiger partial charge is 0.305 e. The van der Waals surface area contributed by atoms with E-state index < -0.39 is 0 Å². The van der Waals surface area contributed by atoms with E-state index in [2.05, 4.69) is 11.5 Å². The zero-order valence-corrected chi connectivity index (χ0v) is 14.8. The zero-order valence-electron chi connectivity index (χ0n) is 14.0. The van der Waals surface area contributed by atoms with Gasteiger partial charge in [0.05, 0.1) is 20.6 Å². The van der Waals surface area contributed by atoms with Crippen molar-refractivity contribution in [2.45, 2.75) is 24.7 Å². The van der Waals surface area contributed by atoms with Crippen LogP contribution in [0.5, 0.6) is 5.75 Å². The molecule has 0 heterocycles. The Morgan fingerprint density at radius 2 is 1.83 bits per heavy atom. The van der Waals surface area contributed by atoms with Gasteiger partial charge in [-0.15, -0.1) is 0 Å². The van der Waals surface area contributed by atoms with Crippen molar-refractivity contribution in [2.24, 2.45) is 0 Å². The van der Waals surface area contributed by atoms with Crippen LogP contribution in [0.2, 0.25) is 0 Å². The molecular formula is C18H21NO4S. The lowest BCUT2D eigenvalue weighted by molar-refractivity contribution is -0.140. The first kappa shape index (κ1) is 18.2. The number of thioether (sulfide) groups is 1. The molecule has 0 fully saturated rings. The molecule has 0 unspecified atom stereocenters. The molecule has 0 saturated heterocycles. The molecule has 0 aliphatic heterocycles. The second kappa shape index (κ2) is 8.61. The molecule has 0 aromatic heterocycles. The van der Waals surface area contributed by atoms with Gasteiger partial charge in [0, 0.05) is 15.5 Å². The quantitative estimate of drug-likeness (QED) is 0.449. The van der Waals surface area contributed by atoms with Gasteiger partial charge in [0.1, 0.15) is 5.75 Å². The van der Waals surface area contributed by atoms with Crippen LogP contribution in [0.25, 0.3) is 10.8 Å². The van der Waals surface area contributed by atoms with Gasteiger partial charge in [0.2, 0.25) is 0 Å². The van der Waals surface area contributed by atoms with E-state index in [-0.39, 0.29) is 11.7 Å². The fourth-order valence-corrected chi connectivity index (χ4v) is 3.27. The van der Waals surface area contributed by atoms with Gasteiger partial charge in [-0.05, 0) is 48.4 Å². The van der Waals surface area contributed by atoms with Crippen molar-refractivity contribution in [3.63, 3.8) is 0 Å². The number of aromatic hydroxyl groups is 1. The highest BCUT2D eigenvalue weighted by Crippen LogP contribution is 2.34. The number of phenolic OH excluding ortho intramolecular Hbond substituents is 1. The summed E-state index contributed by atoms with van der Waals surface area (Å²) in [5.74, 6) is 0.00834. The monoisotopic (exact) mass is 347 g/mol. The van der Waals surface area contributed by atoms with Crippen molar-refractivity contribution >= 4 is 28.5 Å². The van der Waals surface area contributed by atoms with Crippen LogP contribution in [0.1, 0.15) is 19.8 Å². The van der Waals surface area contributed by atoms with Gasteiger partial charge < -0.3 is 9.84 Å². The van der Waals surface area contributed by atoms with Crippen molar-refractivity contribution in [1.82, 2.24) is 5.48 Å². The number of hydrogen-bond acceptors (Lipinski definition) is 6. The molecule has 0 amide bonds. The SMILES string of the molecule is CONC(C)=C(CCC(=O)OC)Sc1ccc2cc(O)ccc2c1. The molecule has 6 heteroatoms. The Bertz CT molecular complexity index is 758. The zero-order chi connectivity index (χ0) is 17.5. The number of carbonyl (C=O) groups is 1. The number of esters is 1. The van der Waals surface area contributed by atoms with Gasteiger partial charge in [-0.1, -0.05) is 23.9 Å². The molecule has 0 saturated carbocycles. The second-order valence-electron chi connectivity index (χ2n) is 5.23. The lowest BCUT2D eigenvalue weighted by atomic mass is 10.1. The lowest BCUT2D eigenvalue weighted by Crippen LogP contribution is -2.11. The number of phenols is 1. The van der Waals surface area contributed by atoms with Crippen LogP contribution >= 0.6 is 11.8 Å². The number of hydroxylamine groups is 1. The minimum atomic E-state index is -0.243. The maximum atomic E-state index is 11.4. The molecule has 0 aliphatic carbocycles. The number of fused-ring (bicyclic) bond motifs is 1. The fraction of sp³-hybridized carbons (Fsp3) is 0.278. The predicted octanol–water partition coefficient (Wildman–Crippen LogP) is 3.97. The highest BCUT2D eigenvalue weighted by Gasteiger charge is 2.10. The van der Waals surface area contributed by atoms with Crippen LogP contribution in [0.15, 0.2) is 51.9 Å². The van der Waals surface area contributed by atoms with E-state index in [1.165, 1.54) is 7.11 Å². The molecule has 128 valence electrons. The fourth-order valence-electron chi connectivity index (χ4n) is 2.26. The van der Waals surface area contributed by atoms with Gasteiger partial charge in [0.15, 0.2) is 0 Å². The van der Waals surface area contributed by atoms with Crippen LogP contribution in [0.4, 0.5) is 0 Å². The number of methoxy groups -OCH3 is 1. The number of allylic oxidation sites excluding steroid dienone is 2. The maximum absolute atomic E-state index is 11.4. The highest BCUT2D eigenvalue weighted by molar-refractivity contribution is 8.03. The van der Waals surface area contributed by atoms with Crippen molar-refractivity contribution in [2.75, 3.05) is 14.2 Å². The molecule has 2 rings (SSSR count). The molecule has 0 radical (unpaired) electrons. The number of benzene rings is 2. The summed E-state index contributed by atoms with van der Waals surface area (Å²) in [6.45, 7) is 1.90. The van der Waals surface area contributed by atoms with E-state index in [0.29, 0.717) is 12.8 Å². The highest BCUT2D eigenvalue weighted by atomic mass is 32.2. The summed E-state index contributed by atoms with van der Waals surface area (Å²) < 4.78 is 4.71. The van der Waals surface area contributed by atoms with Gasteiger partial charge in [-0.25, -0.2) is 0 Å². The van der Waals surface area contributed by atoms with Gasteiger partial charge >= 0.3 is 5.97 Å². The Morgan fingerprint density at radius 3 is 2.54 bits per heavy atom. The van der Waals surface area contributed by atoms with Crippen LogP contribution in [0.3, 0.4) is 0 Å². The molecule has 0 bridgehead atoms. The van der Waals surface area contributed by atoms with Crippen LogP contribution in [-0.2, 0) is 14.4 Å². The summed E-state index contributed by atoms with van der Waals surface area (Å²) in [7, 11) is 2.94. The van der Waals surface area contributed by atoms with E-state index in [9.17, 15) is 9.90 Å². The summed E-state index contributed by atoms with van der Waals surface area (Å²) in [6, 6.07) is 11.3. The summed E-state index contributed by atoms with van der Waals surface area (Å²) in [4.78, 5) is 18.4. The van der Waals surface area contributed by atoms with Crippen molar-refractivity contribution < 1.29 is 19.5 Å². The van der Waals surface area contributed by atoms with Gasteiger partial charge in [-0.3, -0.25) is 15.1 Å². The minimum absolute atomic E-state index is 0.243. The maximum Gasteiger partial charge on any atom is 0.305 e. The molecule has 5 nitrogen and oxygen atoms in total. The van der Waals surface area contributed by atoms with Crippen LogP contribution in [0, 0.1) is 0 Å². The molecular weight excluding hydrogens is 326 g/mol. The van der Waals surface area contributed by atoms with Crippen molar-refractivity contribution in [3.05, 3.63) is 47.0 Å². The predicted molar refractivity (Wildman–Crippen MR) is 95.6 cm³/mol. The van der Waals surface area contributed by atoms with E-state index in [0.717, 1.165) is 26.3 Å². The third-order valence-corrected chi connectivity index (χ3v) is 4.74. The Balaban J connectivity index is 2.23. The molecule has 0 atom stereocenters. The van der Waals surface area contributed by atoms with Crippen molar-refractivity contribution in [3.8, 4) is 5.75 Å². The normalized spacial score (nSPS) is 12.0. The topological polar surface area (TPSA) is 67.8 Å². The Labute approximate surface area is 145 Å². The molecule has 2 aromatic carbocycles. The van der Waals surface area contributed by atoms with E-state index in [1.54, 1.807) is 31.0 Å². The lowest BCUT2D eigenvalue weighted by Gasteiger charge is -2.13.